The number of aromatic nitrogens is 1. The SMILES string of the molecule is O=S(=O)(Nc1cscn1)c1cc(Cl)c(OCCc2ccccc2Cl)cc1F. The molecule has 0 atom stereocenters. The van der Waals surface area contributed by atoms with E-state index in [0.29, 0.717) is 11.4 Å². The molecule has 0 fully saturated rings. The van der Waals surface area contributed by atoms with Gasteiger partial charge in [-0.25, -0.2) is 17.8 Å². The van der Waals surface area contributed by atoms with E-state index in [9.17, 15) is 12.8 Å². The minimum absolute atomic E-state index is 0.0192. The summed E-state index contributed by atoms with van der Waals surface area (Å²) in [6.45, 7) is 0.200. The number of hydrogen-bond donors (Lipinski definition) is 1. The van der Waals surface area contributed by atoms with E-state index >= 15 is 0 Å². The first-order chi connectivity index (χ1) is 12.9. The highest BCUT2D eigenvalue weighted by atomic mass is 35.5. The number of ether oxygens (including phenoxy) is 1. The molecule has 142 valence electrons. The Morgan fingerprint density at radius 1 is 1.19 bits per heavy atom. The van der Waals surface area contributed by atoms with Gasteiger partial charge in [-0.3, -0.25) is 4.72 Å². The second-order valence-corrected chi connectivity index (χ2v) is 8.57. The van der Waals surface area contributed by atoms with Crippen LogP contribution in [0.2, 0.25) is 10.0 Å². The van der Waals surface area contributed by atoms with E-state index in [4.69, 9.17) is 27.9 Å². The number of halogens is 3. The van der Waals surface area contributed by atoms with Crippen LogP contribution in [0, 0.1) is 5.82 Å². The Hall–Kier alpha value is -1.87. The third-order valence-corrected chi connectivity index (χ3v) is 6.15. The molecule has 1 aromatic heterocycles. The van der Waals surface area contributed by atoms with Crippen molar-refractivity contribution in [2.45, 2.75) is 11.3 Å². The molecular weight excluding hydrogens is 434 g/mol. The summed E-state index contributed by atoms with van der Waals surface area (Å²) in [4.78, 5) is 3.23. The van der Waals surface area contributed by atoms with Gasteiger partial charge in [0.2, 0.25) is 0 Å². The smallest absolute Gasteiger partial charge is 0.266 e. The molecule has 1 heterocycles. The zero-order chi connectivity index (χ0) is 19.4. The van der Waals surface area contributed by atoms with E-state index < -0.39 is 20.7 Å². The van der Waals surface area contributed by atoms with Crippen molar-refractivity contribution < 1.29 is 17.5 Å². The summed E-state index contributed by atoms with van der Waals surface area (Å²) in [7, 11) is -4.16. The van der Waals surface area contributed by atoms with Crippen LogP contribution in [0.3, 0.4) is 0 Å². The molecule has 10 heteroatoms. The summed E-state index contributed by atoms with van der Waals surface area (Å²) >= 11 is 13.4. The van der Waals surface area contributed by atoms with E-state index in [0.717, 1.165) is 17.7 Å². The fourth-order valence-electron chi connectivity index (χ4n) is 2.25. The lowest BCUT2D eigenvalue weighted by Crippen LogP contribution is -2.15. The van der Waals surface area contributed by atoms with Gasteiger partial charge in [-0.1, -0.05) is 41.4 Å². The van der Waals surface area contributed by atoms with Gasteiger partial charge in [0.05, 0.1) is 17.1 Å². The molecule has 0 amide bonds. The van der Waals surface area contributed by atoms with Gasteiger partial charge in [-0.05, 0) is 17.7 Å². The summed E-state index contributed by atoms with van der Waals surface area (Å²) in [5, 5.41) is 2.07. The summed E-state index contributed by atoms with van der Waals surface area (Å²) in [5.74, 6) is -0.820. The number of hydrogen-bond acceptors (Lipinski definition) is 5. The first-order valence-corrected chi connectivity index (χ1v) is 10.8. The number of nitrogens with zero attached hydrogens (tertiary/aromatic N) is 1. The zero-order valence-electron chi connectivity index (χ0n) is 13.7. The Balaban J connectivity index is 1.74. The minimum Gasteiger partial charge on any atom is -0.492 e. The molecule has 0 unspecified atom stereocenters. The van der Waals surface area contributed by atoms with E-state index in [-0.39, 0.29) is 23.2 Å². The Bertz CT molecular complexity index is 1040. The average Bonchev–Trinajstić information content (AvgIpc) is 3.11. The Kier molecular flexibility index (Phi) is 6.21. The molecule has 0 radical (unpaired) electrons. The number of benzene rings is 2. The Labute approximate surface area is 169 Å². The molecule has 2 aromatic carbocycles. The van der Waals surface area contributed by atoms with Crippen molar-refractivity contribution in [3.8, 4) is 5.75 Å². The maximum absolute atomic E-state index is 14.4. The number of sulfonamides is 1. The van der Waals surface area contributed by atoms with Crippen LogP contribution in [0.1, 0.15) is 5.56 Å². The van der Waals surface area contributed by atoms with Crippen molar-refractivity contribution in [3.05, 3.63) is 68.7 Å². The third kappa shape index (κ3) is 4.90. The van der Waals surface area contributed by atoms with E-state index in [1.54, 1.807) is 6.07 Å². The molecule has 0 spiro atoms. The second-order valence-electron chi connectivity index (χ2n) is 5.38. The molecule has 0 aliphatic carbocycles. The van der Waals surface area contributed by atoms with Crippen molar-refractivity contribution >= 4 is 50.4 Å². The zero-order valence-corrected chi connectivity index (χ0v) is 16.8. The van der Waals surface area contributed by atoms with Crippen molar-refractivity contribution in [2.75, 3.05) is 11.3 Å². The van der Waals surface area contributed by atoms with Crippen LogP contribution in [0.5, 0.6) is 5.75 Å². The van der Waals surface area contributed by atoms with Crippen molar-refractivity contribution in [1.29, 1.82) is 0 Å². The van der Waals surface area contributed by atoms with Crippen LogP contribution in [-0.2, 0) is 16.4 Å². The number of nitrogens with one attached hydrogen (secondary N) is 1. The third-order valence-electron chi connectivity index (χ3n) is 3.53. The maximum Gasteiger partial charge on any atom is 0.266 e. The van der Waals surface area contributed by atoms with Crippen molar-refractivity contribution in [2.24, 2.45) is 0 Å². The van der Waals surface area contributed by atoms with Crippen molar-refractivity contribution in [1.82, 2.24) is 4.98 Å². The fraction of sp³-hybridized carbons (Fsp3) is 0.118. The highest BCUT2D eigenvalue weighted by Crippen LogP contribution is 2.31. The average molecular weight is 447 g/mol. The molecule has 0 bridgehead atoms. The quantitative estimate of drug-likeness (QED) is 0.553. The predicted molar refractivity (Wildman–Crippen MR) is 105 cm³/mol. The van der Waals surface area contributed by atoms with E-state index in [1.165, 1.54) is 22.2 Å². The first kappa shape index (κ1) is 19.9. The monoisotopic (exact) mass is 446 g/mol. The van der Waals surface area contributed by atoms with E-state index in [1.807, 2.05) is 18.2 Å². The summed E-state index contributed by atoms with van der Waals surface area (Å²) in [6, 6.07) is 9.24. The Morgan fingerprint density at radius 2 is 1.96 bits per heavy atom. The van der Waals surface area contributed by atoms with Gasteiger partial charge in [0, 0.05) is 22.9 Å². The van der Waals surface area contributed by atoms with Gasteiger partial charge in [0.25, 0.3) is 10.0 Å². The molecule has 0 aliphatic heterocycles. The second kappa shape index (κ2) is 8.43. The molecule has 0 saturated heterocycles. The number of rotatable bonds is 7. The standard InChI is InChI=1S/C17H13Cl2FN2O3S2/c18-12-4-2-1-3-11(12)5-6-25-15-8-14(20)16(7-13(15)19)27(23,24)22-17-9-26-10-21-17/h1-4,7-10,22H,5-6H2. The maximum atomic E-state index is 14.4. The highest BCUT2D eigenvalue weighted by Gasteiger charge is 2.22. The lowest BCUT2D eigenvalue weighted by molar-refractivity contribution is 0.320. The van der Waals surface area contributed by atoms with Crippen LogP contribution in [-0.4, -0.2) is 20.0 Å². The summed E-state index contributed by atoms with van der Waals surface area (Å²) < 4.78 is 46.7. The van der Waals surface area contributed by atoms with Crippen LogP contribution in [0.25, 0.3) is 0 Å². The van der Waals surface area contributed by atoms with Gasteiger partial charge in [-0.2, -0.15) is 0 Å². The molecular formula is C17H13Cl2FN2O3S2. The number of thiazole rings is 1. The van der Waals surface area contributed by atoms with Gasteiger partial charge in [-0.15, -0.1) is 11.3 Å². The molecule has 1 N–H and O–H groups in total. The lowest BCUT2D eigenvalue weighted by atomic mass is 10.2. The van der Waals surface area contributed by atoms with Crippen molar-refractivity contribution in [3.63, 3.8) is 0 Å². The van der Waals surface area contributed by atoms with Gasteiger partial charge >= 0.3 is 0 Å². The molecule has 27 heavy (non-hydrogen) atoms. The lowest BCUT2D eigenvalue weighted by Gasteiger charge is -2.12. The Morgan fingerprint density at radius 3 is 2.67 bits per heavy atom. The summed E-state index contributed by atoms with van der Waals surface area (Å²) in [5.41, 5.74) is 2.33. The number of anilines is 1. The van der Waals surface area contributed by atoms with Crippen LogP contribution < -0.4 is 9.46 Å². The largest absolute Gasteiger partial charge is 0.492 e. The molecule has 0 saturated carbocycles. The first-order valence-electron chi connectivity index (χ1n) is 7.63. The fourth-order valence-corrected chi connectivity index (χ4v) is 4.41. The topological polar surface area (TPSA) is 68.3 Å². The van der Waals surface area contributed by atoms with Crippen LogP contribution in [0.4, 0.5) is 10.2 Å². The van der Waals surface area contributed by atoms with Gasteiger partial charge < -0.3 is 4.74 Å². The van der Waals surface area contributed by atoms with E-state index in [2.05, 4.69) is 9.71 Å². The molecule has 0 aliphatic rings. The van der Waals surface area contributed by atoms with Crippen LogP contribution in [0.15, 0.2) is 52.2 Å². The predicted octanol–water partition coefficient (Wildman–Crippen LogP) is 5.01. The van der Waals surface area contributed by atoms with Gasteiger partial charge in [0.15, 0.2) is 5.82 Å². The molecule has 5 nitrogen and oxygen atoms in total. The summed E-state index contributed by atoms with van der Waals surface area (Å²) in [6.07, 6.45) is 0.489. The minimum atomic E-state index is -4.16. The molecule has 3 rings (SSSR count). The van der Waals surface area contributed by atoms with Crippen LogP contribution >= 0.6 is 34.5 Å². The van der Waals surface area contributed by atoms with Gasteiger partial charge in [0.1, 0.15) is 16.5 Å². The molecule has 3 aromatic rings. The highest BCUT2D eigenvalue weighted by molar-refractivity contribution is 7.92. The normalized spacial score (nSPS) is 11.4.